The molecule has 2 heterocycles. The first-order valence-corrected chi connectivity index (χ1v) is 8.88. The normalized spacial score (nSPS) is 13.0. The lowest BCUT2D eigenvalue weighted by molar-refractivity contribution is -0.144. The molecule has 154 valence electrons. The predicted octanol–water partition coefficient (Wildman–Crippen LogP) is 4.94. The van der Waals surface area contributed by atoms with Gasteiger partial charge >= 0.3 is 6.18 Å². The summed E-state index contributed by atoms with van der Waals surface area (Å²) in [5, 5.41) is 13.2. The SMILES string of the molecule is CC(=O)c1c(-c2c(F)cccc2Cl)c[nH]c1-c1cnn(C[C@@H](C)O)c1C(F)(F)F. The molecule has 0 radical (unpaired) electrons. The molecule has 0 saturated heterocycles. The Morgan fingerprint density at radius 2 is 2.03 bits per heavy atom. The molecule has 1 atom stereocenters. The van der Waals surface area contributed by atoms with Gasteiger partial charge in [-0.05, 0) is 26.0 Å². The van der Waals surface area contributed by atoms with E-state index in [-0.39, 0.29) is 33.0 Å². The second-order valence-corrected chi connectivity index (χ2v) is 6.95. The maximum Gasteiger partial charge on any atom is 0.433 e. The Bertz CT molecular complexity index is 1050. The van der Waals surface area contributed by atoms with E-state index in [4.69, 9.17) is 11.6 Å². The van der Waals surface area contributed by atoms with Crippen LogP contribution in [0, 0.1) is 5.82 Å². The minimum atomic E-state index is -4.81. The van der Waals surface area contributed by atoms with Gasteiger partial charge in [0.25, 0.3) is 0 Å². The average Bonchev–Trinajstić information content (AvgIpc) is 3.17. The summed E-state index contributed by atoms with van der Waals surface area (Å²) in [7, 11) is 0. The summed E-state index contributed by atoms with van der Waals surface area (Å²) in [5.74, 6) is -1.29. The van der Waals surface area contributed by atoms with Crippen LogP contribution >= 0.6 is 11.6 Å². The highest BCUT2D eigenvalue weighted by molar-refractivity contribution is 6.33. The number of hydrogen-bond acceptors (Lipinski definition) is 3. The Morgan fingerprint density at radius 3 is 2.59 bits per heavy atom. The van der Waals surface area contributed by atoms with Crippen LogP contribution in [0.1, 0.15) is 29.9 Å². The molecule has 0 fully saturated rings. The first kappa shape index (κ1) is 21.1. The number of carbonyl (C=O) groups is 1. The van der Waals surface area contributed by atoms with Gasteiger partial charge in [-0.25, -0.2) is 4.39 Å². The van der Waals surface area contributed by atoms with Crippen molar-refractivity contribution < 1.29 is 27.5 Å². The molecule has 0 saturated carbocycles. The Labute approximate surface area is 167 Å². The van der Waals surface area contributed by atoms with E-state index in [1.807, 2.05) is 0 Å². The Morgan fingerprint density at radius 1 is 1.34 bits per heavy atom. The van der Waals surface area contributed by atoms with Crippen LogP contribution in [0.4, 0.5) is 17.6 Å². The largest absolute Gasteiger partial charge is 0.433 e. The first-order chi connectivity index (χ1) is 13.5. The number of rotatable bonds is 5. The van der Waals surface area contributed by atoms with Crippen LogP contribution in [0.3, 0.4) is 0 Å². The topological polar surface area (TPSA) is 70.9 Å². The fraction of sp³-hybridized carbons (Fsp3) is 0.263. The van der Waals surface area contributed by atoms with Crippen LogP contribution in [-0.4, -0.2) is 31.8 Å². The molecule has 3 rings (SSSR count). The molecular formula is C19H16ClF4N3O2. The minimum Gasteiger partial charge on any atom is -0.391 e. The summed E-state index contributed by atoms with van der Waals surface area (Å²) in [6, 6.07) is 3.93. The van der Waals surface area contributed by atoms with Crippen molar-refractivity contribution in [3.63, 3.8) is 0 Å². The molecule has 0 spiro atoms. The fourth-order valence-electron chi connectivity index (χ4n) is 3.21. The van der Waals surface area contributed by atoms with E-state index >= 15 is 0 Å². The summed E-state index contributed by atoms with van der Waals surface area (Å²) in [6.07, 6.45) is -3.69. The lowest BCUT2D eigenvalue weighted by Gasteiger charge is -2.14. The summed E-state index contributed by atoms with van der Waals surface area (Å²) in [6.45, 7) is 2.10. The van der Waals surface area contributed by atoms with E-state index in [0.717, 1.165) is 12.3 Å². The molecule has 3 aromatic rings. The molecular weight excluding hydrogens is 414 g/mol. The molecule has 0 bridgehead atoms. The second kappa shape index (κ2) is 7.64. The van der Waals surface area contributed by atoms with Crippen molar-refractivity contribution in [3.8, 4) is 22.4 Å². The highest BCUT2D eigenvalue weighted by Gasteiger charge is 2.40. The third kappa shape index (κ3) is 3.92. The molecule has 1 aromatic carbocycles. The van der Waals surface area contributed by atoms with Crippen LogP contribution in [0.5, 0.6) is 0 Å². The molecule has 2 N–H and O–H groups in total. The van der Waals surface area contributed by atoms with Gasteiger partial charge in [-0.15, -0.1) is 0 Å². The number of aromatic amines is 1. The smallest absolute Gasteiger partial charge is 0.391 e. The van der Waals surface area contributed by atoms with Crippen molar-refractivity contribution in [2.24, 2.45) is 0 Å². The molecule has 0 aliphatic carbocycles. The molecule has 0 unspecified atom stereocenters. The third-order valence-corrected chi connectivity index (χ3v) is 4.59. The predicted molar refractivity (Wildman–Crippen MR) is 99.1 cm³/mol. The van der Waals surface area contributed by atoms with E-state index in [9.17, 15) is 27.5 Å². The van der Waals surface area contributed by atoms with Crippen LogP contribution in [0.25, 0.3) is 22.4 Å². The number of benzene rings is 1. The zero-order chi connectivity index (χ0) is 21.5. The average molecular weight is 430 g/mol. The van der Waals surface area contributed by atoms with E-state index in [0.29, 0.717) is 4.68 Å². The van der Waals surface area contributed by atoms with Gasteiger partial charge in [-0.2, -0.15) is 18.3 Å². The molecule has 2 aromatic heterocycles. The number of nitrogens with zero attached hydrogens (tertiary/aromatic N) is 2. The highest BCUT2D eigenvalue weighted by atomic mass is 35.5. The lowest BCUT2D eigenvalue weighted by atomic mass is 9.97. The number of Topliss-reactive ketones (excluding diaryl/α,β-unsaturated/α-hetero) is 1. The van der Waals surface area contributed by atoms with Crippen LogP contribution in [0.15, 0.2) is 30.6 Å². The number of aliphatic hydroxyl groups is 1. The van der Waals surface area contributed by atoms with Crippen molar-refractivity contribution in [2.75, 3.05) is 0 Å². The minimum absolute atomic E-state index is 0.0129. The number of aromatic nitrogens is 3. The van der Waals surface area contributed by atoms with E-state index < -0.39 is 36.1 Å². The van der Waals surface area contributed by atoms with Gasteiger partial charge in [-0.1, -0.05) is 17.7 Å². The fourth-order valence-corrected chi connectivity index (χ4v) is 3.47. The number of aliphatic hydroxyl groups excluding tert-OH is 1. The van der Waals surface area contributed by atoms with Crippen molar-refractivity contribution in [1.82, 2.24) is 14.8 Å². The summed E-state index contributed by atoms with van der Waals surface area (Å²) in [4.78, 5) is 15.0. The van der Waals surface area contributed by atoms with E-state index in [2.05, 4.69) is 10.1 Å². The molecule has 0 aliphatic rings. The van der Waals surface area contributed by atoms with Gasteiger partial charge in [0.05, 0.1) is 35.1 Å². The standard InChI is InChI=1S/C19H16ClF4N3O2/c1-9(28)8-27-18(19(22,23)24)12(7-26-27)17-15(10(2)29)11(6-25-17)16-13(20)4-3-5-14(16)21/h3-7,9,25,28H,8H2,1-2H3/t9-/m1/s1. The Kier molecular flexibility index (Phi) is 5.55. The zero-order valence-corrected chi connectivity index (χ0v) is 16.1. The van der Waals surface area contributed by atoms with Gasteiger partial charge in [0.2, 0.25) is 0 Å². The summed E-state index contributed by atoms with van der Waals surface area (Å²) in [5.41, 5.74) is -1.86. The molecule has 0 amide bonds. The zero-order valence-electron chi connectivity index (χ0n) is 15.3. The number of alkyl halides is 3. The number of halogens is 5. The van der Waals surface area contributed by atoms with Gasteiger partial charge in [-0.3, -0.25) is 9.48 Å². The van der Waals surface area contributed by atoms with Gasteiger partial charge in [0.1, 0.15) is 5.82 Å². The molecule has 10 heteroatoms. The van der Waals surface area contributed by atoms with Crippen LogP contribution in [-0.2, 0) is 12.7 Å². The van der Waals surface area contributed by atoms with Crippen molar-refractivity contribution in [2.45, 2.75) is 32.7 Å². The highest BCUT2D eigenvalue weighted by Crippen LogP contribution is 2.42. The first-order valence-electron chi connectivity index (χ1n) is 8.50. The number of H-pyrrole nitrogens is 1. The monoisotopic (exact) mass is 429 g/mol. The van der Waals surface area contributed by atoms with Gasteiger partial charge in [0.15, 0.2) is 11.5 Å². The third-order valence-electron chi connectivity index (χ3n) is 4.28. The van der Waals surface area contributed by atoms with Crippen molar-refractivity contribution in [1.29, 1.82) is 0 Å². The molecule has 5 nitrogen and oxygen atoms in total. The van der Waals surface area contributed by atoms with E-state index in [1.165, 1.54) is 32.2 Å². The number of nitrogens with one attached hydrogen (secondary N) is 1. The van der Waals surface area contributed by atoms with E-state index in [1.54, 1.807) is 0 Å². The second-order valence-electron chi connectivity index (χ2n) is 6.54. The number of ketones is 1. The maximum atomic E-state index is 14.4. The quantitative estimate of drug-likeness (QED) is 0.446. The number of hydrogen-bond donors (Lipinski definition) is 2. The maximum absolute atomic E-state index is 14.4. The molecule has 0 aliphatic heterocycles. The Hall–Kier alpha value is -2.65. The van der Waals surface area contributed by atoms with Crippen LogP contribution in [0.2, 0.25) is 5.02 Å². The van der Waals surface area contributed by atoms with Gasteiger partial charge in [0, 0.05) is 22.9 Å². The van der Waals surface area contributed by atoms with Crippen LogP contribution < -0.4 is 0 Å². The summed E-state index contributed by atoms with van der Waals surface area (Å²) < 4.78 is 56.2. The number of carbonyl (C=O) groups excluding carboxylic acids is 1. The van der Waals surface area contributed by atoms with Crippen molar-refractivity contribution >= 4 is 17.4 Å². The molecule has 29 heavy (non-hydrogen) atoms. The van der Waals surface area contributed by atoms with Crippen molar-refractivity contribution in [3.05, 3.63) is 52.7 Å². The lowest BCUT2D eigenvalue weighted by Crippen LogP contribution is -2.21. The summed E-state index contributed by atoms with van der Waals surface area (Å²) >= 11 is 6.07. The Balaban J connectivity index is 2.28. The van der Waals surface area contributed by atoms with Gasteiger partial charge < -0.3 is 10.1 Å².